The molecule has 3 aromatic heterocycles. The second-order valence-corrected chi connectivity index (χ2v) is 12.0. The van der Waals surface area contributed by atoms with Crippen LogP contribution in [-0.4, -0.2) is 71.4 Å². The van der Waals surface area contributed by atoms with Crippen molar-refractivity contribution in [1.29, 1.82) is 0 Å². The van der Waals surface area contributed by atoms with E-state index in [2.05, 4.69) is 35.8 Å². The summed E-state index contributed by atoms with van der Waals surface area (Å²) in [4.78, 5) is 42.1. The van der Waals surface area contributed by atoms with E-state index in [-0.39, 0.29) is 27.9 Å². The van der Waals surface area contributed by atoms with Crippen LogP contribution < -0.4 is 0 Å². The van der Waals surface area contributed by atoms with E-state index < -0.39 is 11.4 Å². The van der Waals surface area contributed by atoms with Crippen LogP contribution in [0.3, 0.4) is 0 Å². The third-order valence-electron chi connectivity index (χ3n) is 7.04. The average Bonchev–Trinajstić information content (AvgIpc) is 3.49. The van der Waals surface area contributed by atoms with E-state index in [4.69, 9.17) is 16.6 Å². The maximum Gasteiger partial charge on any atom is 0.274 e. The van der Waals surface area contributed by atoms with Crippen LogP contribution in [0.4, 0.5) is 4.39 Å². The van der Waals surface area contributed by atoms with Gasteiger partial charge in [0, 0.05) is 30.8 Å². The number of halogens is 2. The maximum absolute atomic E-state index is 13.8. The Morgan fingerprint density at radius 3 is 2.49 bits per heavy atom. The fraction of sp³-hybridized carbons (Fsp3) is 0.393. The molecule has 0 saturated carbocycles. The predicted octanol–water partition coefficient (Wildman–Crippen LogP) is 4.89. The smallest absolute Gasteiger partial charge is 0.274 e. The first-order chi connectivity index (χ1) is 18.2. The Morgan fingerprint density at radius 2 is 1.87 bits per heavy atom. The molecule has 1 N–H and O–H groups in total. The van der Waals surface area contributed by atoms with Gasteiger partial charge in [0.25, 0.3) is 11.8 Å². The number of nitrogens with zero attached hydrogens (tertiary/aromatic N) is 6. The van der Waals surface area contributed by atoms with E-state index in [9.17, 15) is 14.0 Å². The van der Waals surface area contributed by atoms with Gasteiger partial charge >= 0.3 is 0 Å². The molecule has 5 rings (SSSR count). The molecule has 11 heteroatoms. The number of fused-ring (bicyclic) bond motifs is 1. The molecule has 1 aliphatic heterocycles. The van der Waals surface area contributed by atoms with Crippen LogP contribution in [0.1, 0.15) is 67.0 Å². The lowest BCUT2D eigenvalue weighted by Gasteiger charge is -2.46. The first kappa shape index (κ1) is 26.8. The molecule has 1 fully saturated rings. The lowest BCUT2D eigenvalue weighted by atomic mass is 9.87. The average molecular weight is 552 g/mol. The van der Waals surface area contributed by atoms with Crippen molar-refractivity contribution in [1.82, 2.24) is 34.4 Å². The summed E-state index contributed by atoms with van der Waals surface area (Å²) in [6.07, 6.45) is 3.16. The molecule has 0 aliphatic carbocycles. The van der Waals surface area contributed by atoms with Gasteiger partial charge in [0.2, 0.25) is 0 Å². The lowest BCUT2D eigenvalue weighted by molar-refractivity contribution is 0.0163. The number of aromatic amines is 1. The fourth-order valence-electron chi connectivity index (χ4n) is 4.97. The van der Waals surface area contributed by atoms with Crippen molar-refractivity contribution in [2.75, 3.05) is 19.6 Å². The van der Waals surface area contributed by atoms with Crippen LogP contribution >= 0.6 is 11.6 Å². The Hall–Kier alpha value is -3.79. The molecule has 1 aliphatic rings. The number of aromatic nitrogens is 5. The molecule has 0 atom stereocenters. The first-order valence-electron chi connectivity index (χ1n) is 12.7. The van der Waals surface area contributed by atoms with Crippen molar-refractivity contribution < 1.29 is 14.0 Å². The summed E-state index contributed by atoms with van der Waals surface area (Å²) in [5.41, 5.74) is 2.45. The van der Waals surface area contributed by atoms with Crippen molar-refractivity contribution in [3.63, 3.8) is 0 Å². The van der Waals surface area contributed by atoms with Crippen molar-refractivity contribution in [2.24, 2.45) is 0 Å². The summed E-state index contributed by atoms with van der Waals surface area (Å²) in [6.45, 7) is 13.0. The van der Waals surface area contributed by atoms with Crippen molar-refractivity contribution in [3.8, 4) is 11.3 Å². The van der Waals surface area contributed by atoms with Gasteiger partial charge in [-0.15, -0.1) is 0 Å². The minimum atomic E-state index is -0.633. The van der Waals surface area contributed by atoms with Gasteiger partial charge < -0.3 is 14.8 Å². The molecule has 39 heavy (non-hydrogen) atoms. The van der Waals surface area contributed by atoms with Gasteiger partial charge in [-0.05, 0) is 50.5 Å². The Morgan fingerprint density at radius 1 is 1.13 bits per heavy atom. The number of aryl methyl sites for hydroxylation is 1. The predicted molar refractivity (Wildman–Crippen MR) is 146 cm³/mol. The van der Waals surface area contributed by atoms with Gasteiger partial charge in [-0.1, -0.05) is 32.4 Å². The van der Waals surface area contributed by atoms with Gasteiger partial charge in [-0.2, -0.15) is 5.10 Å². The van der Waals surface area contributed by atoms with Gasteiger partial charge in [-0.3, -0.25) is 9.59 Å². The number of H-pyrrole nitrogens is 1. The fourth-order valence-corrected chi connectivity index (χ4v) is 5.15. The lowest BCUT2D eigenvalue weighted by Crippen LogP contribution is -2.62. The molecule has 0 bridgehead atoms. The van der Waals surface area contributed by atoms with E-state index in [0.29, 0.717) is 48.1 Å². The van der Waals surface area contributed by atoms with Gasteiger partial charge in [0.05, 0.1) is 28.6 Å². The van der Waals surface area contributed by atoms with Crippen LogP contribution in [0.25, 0.3) is 16.9 Å². The highest BCUT2D eigenvalue weighted by atomic mass is 35.5. The summed E-state index contributed by atoms with van der Waals surface area (Å²) in [7, 11) is 0. The zero-order valence-corrected chi connectivity index (χ0v) is 23.6. The van der Waals surface area contributed by atoms with Crippen molar-refractivity contribution in [3.05, 3.63) is 70.3 Å². The van der Waals surface area contributed by atoms with Gasteiger partial charge in [0.15, 0.2) is 5.65 Å². The van der Waals surface area contributed by atoms with Crippen molar-refractivity contribution in [2.45, 2.75) is 52.5 Å². The SMILES string of the molecule is Cc1ncc(C(=O)N2CCN(C(=O)c3cn4nc(-c5ccc(F)c(Cl)c5)cc(C(C)(C)C)c4n3)C(C)(C)C2)[nH]1. The van der Waals surface area contributed by atoms with Gasteiger partial charge in [-0.25, -0.2) is 18.9 Å². The number of piperazine rings is 1. The number of benzene rings is 1. The zero-order chi connectivity index (χ0) is 28.3. The highest BCUT2D eigenvalue weighted by Gasteiger charge is 2.40. The molecule has 9 nitrogen and oxygen atoms in total. The normalized spacial score (nSPS) is 15.7. The Labute approximate surface area is 231 Å². The number of hydrogen-bond acceptors (Lipinski definition) is 5. The Bertz CT molecular complexity index is 1600. The molecular formula is C28H31ClFN7O2. The van der Waals surface area contributed by atoms with E-state index in [1.54, 1.807) is 33.5 Å². The number of amides is 2. The molecular weight excluding hydrogens is 521 g/mol. The summed E-state index contributed by atoms with van der Waals surface area (Å²) >= 11 is 6.03. The van der Waals surface area contributed by atoms with Crippen LogP contribution in [0.5, 0.6) is 0 Å². The number of nitrogens with one attached hydrogen (secondary N) is 1. The number of carbonyl (C=O) groups excluding carboxylic acids is 2. The van der Waals surface area contributed by atoms with Crippen LogP contribution in [-0.2, 0) is 5.41 Å². The molecule has 0 unspecified atom stereocenters. The number of hydrogen-bond donors (Lipinski definition) is 1. The molecule has 1 aromatic carbocycles. The largest absolute Gasteiger partial charge is 0.338 e. The maximum atomic E-state index is 13.8. The van der Waals surface area contributed by atoms with Crippen LogP contribution in [0.15, 0.2) is 36.7 Å². The molecule has 0 radical (unpaired) electrons. The highest BCUT2D eigenvalue weighted by molar-refractivity contribution is 6.31. The second kappa shape index (κ2) is 9.44. The van der Waals surface area contributed by atoms with E-state index >= 15 is 0 Å². The summed E-state index contributed by atoms with van der Waals surface area (Å²) < 4.78 is 15.4. The Kier molecular flexibility index (Phi) is 6.49. The zero-order valence-electron chi connectivity index (χ0n) is 22.8. The van der Waals surface area contributed by atoms with E-state index in [1.807, 2.05) is 19.9 Å². The third kappa shape index (κ3) is 5.01. The van der Waals surface area contributed by atoms with E-state index in [1.165, 1.54) is 18.3 Å². The molecule has 1 saturated heterocycles. The Balaban J connectivity index is 1.47. The monoisotopic (exact) mass is 551 g/mol. The standard InChI is InChI=1S/C28H31ClFN7O2/c1-16-31-13-22(32-16)25(38)35-9-10-36(28(5,6)15-35)26(39)23-14-37-24(33-23)18(27(2,3)4)12-21(34-37)17-7-8-20(30)19(29)11-17/h7-8,11-14H,9-10,15H2,1-6H3,(H,31,32). The van der Waals surface area contributed by atoms with Crippen molar-refractivity contribution >= 4 is 29.1 Å². The minimum Gasteiger partial charge on any atom is -0.338 e. The first-order valence-corrected chi connectivity index (χ1v) is 13.1. The van der Waals surface area contributed by atoms with Crippen LogP contribution in [0.2, 0.25) is 5.02 Å². The third-order valence-corrected chi connectivity index (χ3v) is 7.33. The van der Waals surface area contributed by atoms with E-state index in [0.717, 1.165) is 5.56 Å². The summed E-state index contributed by atoms with van der Waals surface area (Å²) in [6, 6.07) is 6.38. The number of carbonyl (C=O) groups is 2. The molecule has 4 aromatic rings. The van der Waals surface area contributed by atoms with Gasteiger partial charge in [0.1, 0.15) is 23.0 Å². The summed E-state index contributed by atoms with van der Waals surface area (Å²) in [5.74, 6) is -0.207. The molecule has 204 valence electrons. The van der Waals surface area contributed by atoms with Crippen LogP contribution in [0, 0.1) is 12.7 Å². The quantitative estimate of drug-likeness (QED) is 0.390. The second-order valence-electron chi connectivity index (χ2n) is 11.6. The topological polar surface area (TPSA) is 99.5 Å². The minimum absolute atomic E-state index is 0.00993. The molecule has 0 spiro atoms. The number of imidazole rings is 2. The highest BCUT2D eigenvalue weighted by Crippen LogP contribution is 2.32. The molecule has 2 amide bonds. The number of rotatable bonds is 3. The summed E-state index contributed by atoms with van der Waals surface area (Å²) in [5, 5.41) is 4.70. The molecule has 4 heterocycles.